The Morgan fingerprint density at radius 1 is 1.38 bits per heavy atom. The first-order chi connectivity index (χ1) is 7.68. The Kier molecular flexibility index (Phi) is 2.97. The lowest BCUT2D eigenvalue weighted by atomic mass is 9.81. The molecule has 0 saturated carbocycles. The molecule has 0 saturated heterocycles. The van der Waals surface area contributed by atoms with E-state index in [4.69, 9.17) is 4.74 Å². The van der Waals surface area contributed by atoms with Crippen LogP contribution in [0.2, 0.25) is 0 Å². The molecule has 0 bridgehead atoms. The van der Waals surface area contributed by atoms with Crippen molar-refractivity contribution < 1.29 is 9.53 Å². The van der Waals surface area contributed by atoms with Crippen LogP contribution in [0.4, 0.5) is 5.69 Å². The van der Waals surface area contributed by atoms with E-state index in [0.717, 1.165) is 17.7 Å². The van der Waals surface area contributed by atoms with Gasteiger partial charge in [0.25, 0.3) is 0 Å². The van der Waals surface area contributed by atoms with Gasteiger partial charge in [-0.15, -0.1) is 0 Å². The highest BCUT2D eigenvalue weighted by molar-refractivity contribution is 6.05. The summed E-state index contributed by atoms with van der Waals surface area (Å²) >= 11 is 0. The monoisotopic (exact) mass is 219 g/mol. The first kappa shape index (κ1) is 11.1. The molecule has 0 aromatic heterocycles. The summed E-state index contributed by atoms with van der Waals surface area (Å²) in [5.74, 6) is 0.0772. The number of fused-ring (bicyclic) bond motifs is 1. The van der Waals surface area contributed by atoms with E-state index >= 15 is 0 Å². The lowest BCUT2D eigenvalue weighted by molar-refractivity contribution is -0.121. The summed E-state index contributed by atoms with van der Waals surface area (Å²) in [6, 6.07) is 7.86. The largest absolute Gasteiger partial charge is 0.382 e. The molecule has 86 valence electrons. The van der Waals surface area contributed by atoms with Gasteiger partial charge in [-0.25, -0.2) is 0 Å². The number of para-hydroxylation sites is 1. The zero-order valence-electron chi connectivity index (χ0n) is 9.75. The summed E-state index contributed by atoms with van der Waals surface area (Å²) in [7, 11) is 0. The van der Waals surface area contributed by atoms with Crippen LogP contribution in [0.1, 0.15) is 25.8 Å². The first-order valence-corrected chi connectivity index (χ1v) is 5.67. The zero-order valence-corrected chi connectivity index (χ0v) is 9.75. The standard InChI is InChI=1S/C13H17NO2/c1-3-16-9-8-13(2)10-6-4-5-7-11(10)14-12(13)15/h4-7H,3,8-9H2,1-2H3,(H,14,15). The highest BCUT2D eigenvalue weighted by Crippen LogP contribution is 2.39. The molecule has 1 aliphatic heterocycles. The average molecular weight is 219 g/mol. The third-order valence-electron chi connectivity index (χ3n) is 3.22. The Morgan fingerprint density at radius 2 is 2.12 bits per heavy atom. The molecule has 1 atom stereocenters. The quantitative estimate of drug-likeness (QED) is 0.789. The van der Waals surface area contributed by atoms with Gasteiger partial charge < -0.3 is 10.1 Å². The number of benzene rings is 1. The number of hydrogen-bond acceptors (Lipinski definition) is 2. The summed E-state index contributed by atoms with van der Waals surface area (Å²) in [5.41, 5.74) is 1.58. The fourth-order valence-electron chi connectivity index (χ4n) is 2.12. The number of carbonyl (C=O) groups is 1. The number of anilines is 1. The van der Waals surface area contributed by atoms with Gasteiger partial charge in [0.15, 0.2) is 0 Å². The third kappa shape index (κ3) is 1.71. The fraction of sp³-hybridized carbons (Fsp3) is 0.462. The van der Waals surface area contributed by atoms with Crippen LogP contribution in [0.15, 0.2) is 24.3 Å². The molecule has 0 fully saturated rings. The maximum absolute atomic E-state index is 12.0. The number of rotatable bonds is 4. The van der Waals surface area contributed by atoms with Crippen molar-refractivity contribution in [2.45, 2.75) is 25.7 Å². The van der Waals surface area contributed by atoms with E-state index in [2.05, 4.69) is 5.32 Å². The normalized spacial score (nSPS) is 23.0. The van der Waals surface area contributed by atoms with Crippen LogP contribution in [-0.2, 0) is 14.9 Å². The molecule has 2 rings (SSSR count). The van der Waals surface area contributed by atoms with Gasteiger partial charge in [-0.05, 0) is 31.9 Å². The maximum atomic E-state index is 12.0. The summed E-state index contributed by atoms with van der Waals surface area (Å²) in [6.07, 6.45) is 0.726. The lowest BCUT2D eigenvalue weighted by Gasteiger charge is -2.21. The van der Waals surface area contributed by atoms with Crippen LogP contribution in [0.3, 0.4) is 0 Å². The molecular formula is C13H17NO2. The number of carbonyl (C=O) groups excluding carboxylic acids is 1. The van der Waals surface area contributed by atoms with Crippen molar-refractivity contribution in [1.29, 1.82) is 0 Å². The van der Waals surface area contributed by atoms with Crippen molar-refractivity contribution in [3.63, 3.8) is 0 Å². The Morgan fingerprint density at radius 3 is 2.88 bits per heavy atom. The number of hydrogen-bond donors (Lipinski definition) is 1. The van der Waals surface area contributed by atoms with E-state index in [1.807, 2.05) is 38.1 Å². The van der Waals surface area contributed by atoms with E-state index in [-0.39, 0.29) is 5.91 Å². The molecule has 16 heavy (non-hydrogen) atoms. The van der Waals surface area contributed by atoms with Gasteiger partial charge in [0.1, 0.15) is 0 Å². The van der Waals surface area contributed by atoms with E-state index in [1.165, 1.54) is 0 Å². The van der Waals surface area contributed by atoms with E-state index in [1.54, 1.807) is 0 Å². The van der Waals surface area contributed by atoms with Crippen LogP contribution < -0.4 is 5.32 Å². The molecule has 3 nitrogen and oxygen atoms in total. The maximum Gasteiger partial charge on any atom is 0.234 e. The summed E-state index contributed by atoms with van der Waals surface area (Å²) in [4.78, 5) is 12.0. The van der Waals surface area contributed by atoms with Gasteiger partial charge >= 0.3 is 0 Å². The fourth-order valence-corrected chi connectivity index (χ4v) is 2.12. The molecule has 0 aliphatic carbocycles. The van der Waals surface area contributed by atoms with Crippen molar-refractivity contribution in [3.8, 4) is 0 Å². The van der Waals surface area contributed by atoms with Gasteiger partial charge in [-0.2, -0.15) is 0 Å². The Labute approximate surface area is 95.8 Å². The van der Waals surface area contributed by atoms with E-state index in [0.29, 0.717) is 13.2 Å². The summed E-state index contributed by atoms with van der Waals surface area (Å²) in [5, 5.41) is 2.92. The van der Waals surface area contributed by atoms with E-state index < -0.39 is 5.41 Å². The van der Waals surface area contributed by atoms with Crippen LogP contribution in [0.25, 0.3) is 0 Å². The molecule has 0 spiro atoms. The molecule has 1 unspecified atom stereocenters. The Bertz CT molecular complexity index is 403. The third-order valence-corrected chi connectivity index (χ3v) is 3.22. The lowest BCUT2D eigenvalue weighted by Crippen LogP contribution is -2.32. The highest BCUT2D eigenvalue weighted by Gasteiger charge is 2.41. The second-order valence-corrected chi connectivity index (χ2v) is 4.28. The van der Waals surface area contributed by atoms with Gasteiger partial charge in [0, 0.05) is 18.9 Å². The molecule has 1 aromatic rings. The number of nitrogens with one attached hydrogen (secondary N) is 1. The van der Waals surface area contributed by atoms with Crippen LogP contribution in [-0.4, -0.2) is 19.1 Å². The van der Waals surface area contributed by atoms with Crippen molar-refractivity contribution in [2.75, 3.05) is 18.5 Å². The minimum Gasteiger partial charge on any atom is -0.382 e. The van der Waals surface area contributed by atoms with Crippen molar-refractivity contribution >= 4 is 11.6 Å². The Hall–Kier alpha value is -1.35. The van der Waals surface area contributed by atoms with Gasteiger partial charge in [-0.3, -0.25) is 4.79 Å². The predicted molar refractivity (Wildman–Crippen MR) is 63.5 cm³/mol. The van der Waals surface area contributed by atoms with Crippen LogP contribution in [0, 0.1) is 0 Å². The summed E-state index contributed by atoms with van der Waals surface area (Å²) < 4.78 is 5.34. The van der Waals surface area contributed by atoms with Gasteiger partial charge in [0.2, 0.25) is 5.91 Å². The van der Waals surface area contributed by atoms with Crippen LogP contribution >= 0.6 is 0 Å². The second kappa shape index (κ2) is 4.26. The first-order valence-electron chi connectivity index (χ1n) is 5.67. The smallest absolute Gasteiger partial charge is 0.234 e. The second-order valence-electron chi connectivity index (χ2n) is 4.28. The molecule has 1 heterocycles. The molecule has 3 heteroatoms. The molecule has 0 radical (unpaired) electrons. The minimum absolute atomic E-state index is 0.0772. The highest BCUT2D eigenvalue weighted by atomic mass is 16.5. The van der Waals surface area contributed by atoms with Gasteiger partial charge in [0.05, 0.1) is 5.41 Å². The van der Waals surface area contributed by atoms with Gasteiger partial charge in [-0.1, -0.05) is 18.2 Å². The van der Waals surface area contributed by atoms with Crippen molar-refractivity contribution in [1.82, 2.24) is 0 Å². The van der Waals surface area contributed by atoms with Crippen molar-refractivity contribution in [3.05, 3.63) is 29.8 Å². The zero-order chi connectivity index (χ0) is 11.6. The molecular weight excluding hydrogens is 202 g/mol. The molecule has 1 aliphatic rings. The van der Waals surface area contributed by atoms with Crippen LogP contribution in [0.5, 0.6) is 0 Å². The summed E-state index contributed by atoms with van der Waals surface area (Å²) in [6.45, 7) is 5.26. The predicted octanol–water partition coefficient (Wildman–Crippen LogP) is 2.32. The molecule has 1 amide bonds. The average Bonchev–Trinajstić information content (AvgIpc) is 2.53. The van der Waals surface area contributed by atoms with E-state index in [9.17, 15) is 4.79 Å². The number of amides is 1. The minimum atomic E-state index is -0.439. The topological polar surface area (TPSA) is 38.3 Å². The molecule has 1 N–H and O–H groups in total. The Balaban J connectivity index is 2.23. The molecule has 1 aromatic carbocycles. The van der Waals surface area contributed by atoms with Crippen molar-refractivity contribution in [2.24, 2.45) is 0 Å². The SMILES string of the molecule is CCOCCC1(C)C(=O)Nc2ccccc21. The number of ether oxygens (including phenoxy) is 1.